The summed E-state index contributed by atoms with van der Waals surface area (Å²) in [5.74, 6) is 1.61. The Hall–Kier alpha value is -3.24. The van der Waals surface area contributed by atoms with Crippen LogP contribution >= 0.6 is 0 Å². The second kappa shape index (κ2) is 7.92. The van der Waals surface area contributed by atoms with Crippen LogP contribution in [0.3, 0.4) is 0 Å². The fraction of sp³-hybridized carbons (Fsp3) is 0.500. The quantitative estimate of drug-likeness (QED) is 0.595. The predicted octanol–water partition coefficient (Wildman–Crippen LogP) is 2.19. The minimum Gasteiger partial charge on any atom is -0.376 e. The normalized spacial score (nSPS) is 24.1. The molecule has 10 heteroatoms. The number of aromatic amines is 1. The number of ether oxygens (including phenoxy) is 1. The number of para-hydroxylation sites is 2. The lowest BCUT2D eigenvalue weighted by Crippen LogP contribution is -2.50. The second-order valence-electron chi connectivity index (χ2n) is 9.67. The first-order valence-electron chi connectivity index (χ1n) is 11.9. The van der Waals surface area contributed by atoms with Crippen molar-refractivity contribution >= 4 is 40.1 Å². The highest BCUT2D eigenvalue weighted by Gasteiger charge is 2.47. The van der Waals surface area contributed by atoms with E-state index in [1.165, 1.54) is 0 Å². The summed E-state index contributed by atoms with van der Waals surface area (Å²) in [6.45, 7) is 7.40. The predicted molar refractivity (Wildman–Crippen MR) is 130 cm³/mol. The number of hydrogen-bond donors (Lipinski definition) is 2. The number of nitrogens with one attached hydrogen (secondary N) is 1. The molecule has 0 saturated carbocycles. The number of aromatic nitrogens is 4. The van der Waals surface area contributed by atoms with E-state index in [1.54, 1.807) is 11.8 Å². The first-order valence-corrected chi connectivity index (χ1v) is 11.9. The standard InChI is InChI=1S/C24H30N8O2/c1-15-21(25)24(14-34-15)7-9-30(10-8-24)19-13-26-20-22(27-19)28-29-23(20)32-12-11-31(16(2)33)17-5-3-4-6-18(17)32/h3-6,13,15,21H,7-12,14,25H2,1-2H3,(H,27,28,29)/t15-,21+/m0/s1. The van der Waals surface area contributed by atoms with Crippen molar-refractivity contribution in [2.24, 2.45) is 11.1 Å². The monoisotopic (exact) mass is 462 g/mol. The number of nitrogens with zero attached hydrogens (tertiary/aromatic N) is 6. The summed E-state index contributed by atoms with van der Waals surface area (Å²) in [6.07, 6.45) is 3.94. The van der Waals surface area contributed by atoms with Gasteiger partial charge in [0.1, 0.15) is 5.82 Å². The van der Waals surface area contributed by atoms with E-state index in [0.717, 1.165) is 61.1 Å². The number of carbonyl (C=O) groups excluding carboxylic acids is 1. The number of nitrogens with two attached hydrogens (primary N) is 1. The third-order valence-corrected chi connectivity index (χ3v) is 7.82. The first-order chi connectivity index (χ1) is 16.5. The molecular weight excluding hydrogens is 432 g/mol. The van der Waals surface area contributed by atoms with Gasteiger partial charge in [-0.2, -0.15) is 5.10 Å². The van der Waals surface area contributed by atoms with Crippen LogP contribution in [0.1, 0.15) is 26.7 Å². The molecule has 0 bridgehead atoms. The maximum absolute atomic E-state index is 12.1. The number of fused-ring (bicyclic) bond motifs is 2. The fourth-order valence-electron chi connectivity index (χ4n) is 5.68. The summed E-state index contributed by atoms with van der Waals surface area (Å²) >= 11 is 0. The second-order valence-corrected chi connectivity index (χ2v) is 9.67. The maximum atomic E-state index is 12.1. The van der Waals surface area contributed by atoms with Gasteiger partial charge in [0.15, 0.2) is 17.0 Å². The van der Waals surface area contributed by atoms with Crippen LogP contribution in [0.15, 0.2) is 30.5 Å². The van der Waals surface area contributed by atoms with Crippen molar-refractivity contribution in [3.05, 3.63) is 30.5 Å². The molecule has 10 nitrogen and oxygen atoms in total. The van der Waals surface area contributed by atoms with Gasteiger partial charge < -0.3 is 25.2 Å². The van der Waals surface area contributed by atoms with Crippen LogP contribution in [0.25, 0.3) is 11.2 Å². The molecule has 3 aliphatic rings. The number of carbonyl (C=O) groups is 1. The van der Waals surface area contributed by atoms with Crippen molar-refractivity contribution < 1.29 is 9.53 Å². The van der Waals surface area contributed by atoms with Crippen LogP contribution in [0, 0.1) is 5.41 Å². The lowest BCUT2D eigenvalue weighted by molar-refractivity contribution is -0.116. The minimum absolute atomic E-state index is 0.0336. The molecule has 3 aromatic rings. The Bertz CT molecular complexity index is 1230. The van der Waals surface area contributed by atoms with E-state index in [4.69, 9.17) is 20.4 Å². The zero-order valence-electron chi connectivity index (χ0n) is 19.6. The molecule has 6 rings (SSSR count). The minimum atomic E-state index is 0.0336. The largest absolute Gasteiger partial charge is 0.376 e. The van der Waals surface area contributed by atoms with Gasteiger partial charge in [-0.1, -0.05) is 12.1 Å². The van der Waals surface area contributed by atoms with Crippen molar-refractivity contribution in [1.29, 1.82) is 0 Å². The molecule has 2 saturated heterocycles. The fourth-order valence-corrected chi connectivity index (χ4v) is 5.68. The average Bonchev–Trinajstić information content (AvgIpc) is 3.40. The van der Waals surface area contributed by atoms with Crippen molar-refractivity contribution in [3.8, 4) is 0 Å². The van der Waals surface area contributed by atoms with Gasteiger partial charge in [-0.25, -0.2) is 9.97 Å². The van der Waals surface area contributed by atoms with Crippen LogP contribution in [0.4, 0.5) is 23.0 Å². The number of rotatable bonds is 2. The van der Waals surface area contributed by atoms with Gasteiger partial charge in [0.2, 0.25) is 5.91 Å². The van der Waals surface area contributed by atoms with E-state index in [0.29, 0.717) is 18.7 Å². The van der Waals surface area contributed by atoms with Crippen molar-refractivity contribution in [2.75, 3.05) is 47.5 Å². The summed E-state index contributed by atoms with van der Waals surface area (Å²) in [5.41, 5.74) is 9.75. The molecule has 178 valence electrons. The third kappa shape index (κ3) is 3.24. The summed E-state index contributed by atoms with van der Waals surface area (Å²) in [5, 5.41) is 7.65. The van der Waals surface area contributed by atoms with Gasteiger partial charge in [-0.05, 0) is 31.9 Å². The first kappa shape index (κ1) is 21.3. The maximum Gasteiger partial charge on any atom is 0.223 e. The Morgan fingerprint density at radius 1 is 1.18 bits per heavy atom. The Labute approximate surface area is 198 Å². The van der Waals surface area contributed by atoms with Gasteiger partial charge in [0.25, 0.3) is 0 Å². The molecule has 1 aromatic carbocycles. The lowest BCUT2D eigenvalue weighted by atomic mass is 9.73. The zero-order chi connectivity index (χ0) is 23.4. The van der Waals surface area contributed by atoms with Crippen molar-refractivity contribution in [3.63, 3.8) is 0 Å². The molecular formula is C24H30N8O2. The Morgan fingerprint density at radius 2 is 1.94 bits per heavy atom. The van der Waals surface area contributed by atoms with Crippen LogP contribution < -0.4 is 20.4 Å². The molecule has 34 heavy (non-hydrogen) atoms. The summed E-state index contributed by atoms with van der Waals surface area (Å²) in [7, 11) is 0. The van der Waals surface area contributed by atoms with Gasteiger partial charge >= 0.3 is 0 Å². The molecule has 1 spiro atoms. The van der Waals surface area contributed by atoms with Crippen LogP contribution in [0.2, 0.25) is 0 Å². The molecule has 2 atom stereocenters. The highest BCUT2D eigenvalue weighted by molar-refractivity contribution is 5.99. The Morgan fingerprint density at radius 3 is 2.65 bits per heavy atom. The van der Waals surface area contributed by atoms with Gasteiger partial charge in [-0.15, -0.1) is 0 Å². The Balaban J connectivity index is 1.26. The average molecular weight is 463 g/mol. The summed E-state index contributed by atoms with van der Waals surface area (Å²) in [4.78, 5) is 27.9. The van der Waals surface area contributed by atoms with E-state index in [-0.39, 0.29) is 23.5 Å². The number of piperidine rings is 1. The molecule has 0 radical (unpaired) electrons. The van der Waals surface area contributed by atoms with Crippen LogP contribution in [-0.2, 0) is 9.53 Å². The van der Waals surface area contributed by atoms with Gasteiger partial charge in [-0.3, -0.25) is 9.89 Å². The number of anilines is 4. The highest BCUT2D eigenvalue weighted by Crippen LogP contribution is 2.42. The molecule has 3 N–H and O–H groups in total. The van der Waals surface area contributed by atoms with Crippen molar-refractivity contribution in [2.45, 2.75) is 38.8 Å². The molecule has 0 unspecified atom stereocenters. The topological polar surface area (TPSA) is 116 Å². The molecule has 2 fully saturated rings. The third-order valence-electron chi connectivity index (χ3n) is 7.82. The molecule has 5 heterocycles. The van der Waals surface area contributed by atoms with Gasteiger partial charge in [0, 0.05) is 44.6 Å². The van der Waals surface area contributed by atoms with Crippen LogP contribution in [0.5, 0.6) is 0 Å². The molecule has 1 amide bonds. The summed E-state index contributed by atoms with van der Waals surface area (Å²) < 4.78 is 5.85. The SMILES string of the molecule is CC(=O)N1CCN(c2n[nH]c3nc(N4CCC5(CC4)CO[C@@H](C)[C@H]5N)cnc23)c2ccccc21. The molecule has 3 aliphatic heterocycles. The summed E-state index contributed by atoms with van der Waals surface area (Å²) in [6, 6.07) is 7.98. The highest BCUT2D eigenvalue weighted by atomic mass is 16.5. The zero-order valence-corrected chi connectivity index (χ0v) is 19.6. The number of H-pyrrole nitrogens is 1. The smallest absolute Gasteiger partial charge is 0.223 e. The van der Waals surface area contributed by atoms with Crippen LogP contribution in [-0.4, -0.2) is 71.0 Å². The van der Waals surface area contributed by atoms with E-state index in [9.17, 15) is 4.79 Å². The number of amides is 1. The molecule has 2 aromatic heterocycles. The molecule has 0 aliphatic carbocycles. The van der Waals surface area contributed by atoms with E-state index < -0.39 is 0 Å². The lowest BCUT2D eigenvalue weighted by Gasteiger charge is -2.41. The van der Waals surface area contributed by atoms with Gasteiger partial charge in [0.05, 0.1) is 30.3 Å². The Kier molecular flexibility index (Phi) is 4.96. The van der Waals surface area contributed by atoms with E-state index in [1.807, 2.05) is 30.5 Å². The number of hydrogen-bond acceptors (Lipinski definition) is 8. The number of benzene rings is 1. The van der Waals surface area contributed by atoms with E-state index in [2.05, 4.69) is 26.9 Å². The van der Waals surface area contributed by atoms with Crippen molar-refractivity contribution in [1.82, 2.24) is 20.2 Å². The van der Waals surface area contributed by atoms with E-state index >= 15 is 0 Å².